The maximum absolute atomic E-state index is 5.78. The highest BCUT2D eigenvalue weighted by molar-refractivity contribution is 7.15. The molecule has 1 aromatic rings. The van der Waals surface area contributed by atoms with Gasteiger partial charge in [-0.3, -0.25) is 4.90 Å². The summed E-state index contributed by atoms with van der Waals surface area (Å²) >= 11 is 1.81. The Morgan fingerprint density at radius 2 is 1.95 bits per heavy atom. The van der Waals surface area contributed by atoms with Crippen molar-refractivity contribution in [2.24, 2.45) is 0 Å². The number of hydrogen-bond donors (Lipinski definition) is 0. The fraction of sp³-hybridized carbons (Fsp3) is 0.786. The van der Waals surface area contributed by atoms with E-state index in [0.29, 0.717) is 12.2 Å². The molecule has 3 rings (SSSR count). The quantitative estimate of drug-likeness (QED) is 0.847. The zero-order valence-corrected chi connectivity index (χ0v) is 13.1. The largest absolute Gasteiger partial charge is 0.378 e. The van der Waals surface area contributed by atoms with Gasteiger partial charge in [-0.1, -0.05) is 0 Å². The van der Waals surface area contributed by atoms with Gasteiger partial charge in [-0.15, -0.1) is 11.3 Å². The summed E-state index contributed by atoms with van der Waals surface area (Å²) in [5, 5.41) is 1.14. The Kier molecular flexibility index (Phi) is 4.55. The van der Waals surface area contributed by atoms with Crippen LogP contribution in [-0.4, -0.2) is 61.5 Å². The number of morpholine rings is 2. The molecule has 0 bridgehead atoms. The van der Waals surface area contributed by atoms with Gasteiger partial charge in [0, 0.05) is 43.8 Å². The van der Waals surface area contributed by atoms with E-state index < -0.39 is 0 Å². The van der Waals surface area contributed by atoms with E-state index in [2.05, 4.69) is 28.6 Å². The van der Waals surface area contributed by atoms with Crippen LogP contribution in [0.3, 0.4) is 0 Å². The topological polar surface area (TPSA) is 37.8 Å². The van der Waals surface area contributed by atoms with E-state index >= 15 is 0 Å². The predicted molar refractivity (Wildman–Crippen MR) is 80.4 cm³/mol. The van der Waals surface area contributed by atoms with Crippen LogP contribution in [0.25, 0.3) is 0 Å². The minimum Gasteiger partial charge on any atom is -0.378 e. The summed E-state index contributed by atoms with van der Waals surface area (Å²) in [6, 6.07) is 0. The van der Waals surface area contributed by atoms with Crippen molar-refractivity contribution in [3.05, 3.63) is 11.1 Å². The molecule has 2 fully saturated rings. The second-order valence-electron chi connectivity index (χ2n) is 5.66. The van der Waals surface area contributed by atoms with Crippen molar-refractivity contribution >= 4 is 16.5 Å². The second-order valence-corrected chi connectivity index (χ2v) is 6.75. The van der Waals surface area contributed by atoms with Crippen molar-refractivity contribution in [1.29, 1.82) is 0 Å². The fourth-order valence-electron chi connectivity index (χ4n) is 2.90. The van der Waals surface area contributed by atoms with E-state index in [4.69, 9.17) is 9.47 Å². The highest BCUT2D eigenvalue weighted by atomic mass is 32.1. The molecular formula is C14H23N3O2S. The van der Waals surface area contributed by atoms with Gasteiger partial charge in [0.25, 0.3) is 0 Å². The molecule has 20 heavy (non-hydrogen) atoms. The lowest BCUT2D eigenvalue weighted by Gasteiger charge is -2.34. The van der Waals surface area contributed by atoms with Gasteiger partial charge < -0.3 is 14.4 Å². The Morgan fingerprint density at radius 3 is 2.65 bits per heavy atom. The molecule has 0 saturated carbocycles. The first-order chi connectivity index (χ1) is 9.70. The highest BCUT2D eigenvalue weighted by Gasteiger charge is 2.23. The van der Waals surface area contributed by atoms with Crippen LogP contribution in [0.15, 0.2) is 6.20 Å². The molecule has 3 heterocycles. The van der Waals surface area contributed by atoms with Gasteiger partial charge in [-0.2, -0.15) is 0 Å². The van der Waals surface area contributed by atoms with E-state index in [0.717, 1.165) is 51.1 Å². The molecular weight excluding hydrogens is 274 g/mol. The van der Waals surface area contributed by atoms with Gasteiger partial charge >= 0.3 is 0 Å². The third kappa shape index (κ3) is 3.49. The number of thiazole rings is 1. The SMILES string of the molecule is C[C@@H]1CN(Cc2cnc(N3CCOCC3)s2)C[C@@H](C)O1. The smallest absolute Gasteiger partial charge is 0.185 e. The first-order valence-corrected chi connectivity index (χ1v) is 8.17. The number of nitrogens with zero attached hydrogens (tertiary/aromatic N) is 3. The molecule has 5 nitrogen and oxygen atoms in total. The maximum Gasteiger partial charge on any atom is 0.185 e. The van der Waals surface area contributed by atoms with E-state index in [1.54, 1.807) is 0 Å². The van der Waals surface area contributed by atoms with Crippen molar-refractivity contribution in [2.75, 3.05) is 44.3 Å². The molecule has 2 atom stereocenters. The van der Waals surface area contributed by atoms with Crippen molar-refractivity contribution in [3.63, 3.8) is 0 Å². The Morgan fingerprint density at radius 1 is 1.25 bits per heavy atom. The van der Waals surface area contributed by atoms with Gasteiger partial charge in [0.15, 0.2) is 5.13 Å². The molecule has 2 aliphatic heterocycles. The monoisotopic (exact) mass is 297 g/mol. The van der Waals surface area contributed by atoms with Crippen molar-refractivity contribution in [2.45, 2.75) is 32.6 Å². The molecule has 112 valence electrons. The van der Waals surface area contributed by atoms with Crippen LogP contribution in [0.1, 0.15) is 18.7 Å². The highest BCUT2D eigenvalue weighted by Crippen LogP contribution is 2.25. The van der Waals surface area contributed by atoms with Crippen LogP contribution in [0.5, 0.6) is 0 Å². The molecule has 0 aliphatic carbocycles. The zero-order valence-electron chi connectivity index (χ0n) is 12.2. The van der Waals surface area contributed by atoms with E-state index in [1.165, 1.54) is 4.88 Å². The van der Waals surface area contributed by atoms with Gasteiger partial charge in [0.1, 0.15) is 0 Å². The number of rotatable bonds is 3. The number of hydrogen-bond acceptors (Lipinski definition) is 6. The summed E-state index contributed by atoms with van der Waals surface area (Å²) in [7, 11) is 0. The maximum atomic E-state index is 5.78. The molecule has 0 unspecified atom stereocenters. The summed E-state index contributed by atoms with van der Waals surface area (Å²) in [4.78, 5) is 10.7. The molecule has 2 saturated heterocycles. The molecule has 0 amide bonds. The Labute approximate surface area is 124 Å². The predicted octanol–water partition coefficient (Wildman–Crippen LogP) is 1.59. The molecule has 0 radical (unpaired) electrons. The van der Waals surface area contributed by atoms with E-state index in [-0.39, 0.29) is 0 Å². The van der Waals surface area contributed by atoms with Gasteiger partial charge in [-0.05, 0) is 13.8 Å². The summed E-state index contributed by atoms with van der Waals surface area (Å²) < 4.78 is 11.2. The number of anilines is 1. The molecule has 0 aromatic carbocycles. The zero-order chi connectivity index (χ0) is 13.9. The normalized spacial score (nSPS) is 28.8. The minimum atomic E-state index is 0.324. The van der Waals surface area contributed by atoms with Crippen LogP contribution in [0.4, 0.5) is 5.13 Å². The second kappa shape index (κ2) is 6.39. The average molecular weight is 297 g/mol. The number of aromatic nitrogens is 1. The Bertz CT molecular complexity index is 424. The summed E-state index contributed by atoms with van der Waals surface area (Å²) in [5.74, 6) is 0. The Balaban J connectivity index is 1.59. The fourth-order valence-corrected chi connectivity index (χ4v) is 3.91. The van der Waals surface area contributed by atoms with Crippen LogP contribution < -0.4 is 4.90 Å². The summed E-state index contributed by atoms with van der Waals surface area (Å²) in [6.07, 6.45) is 2.68. The van der Waals surface area contributed by atoms with Crippen molar-refractivity contribution in [3.8, 4) is 0 Å². The van der Waals surface area contributed by atoms with Crippen molar-refractivity contribution < 1.29 is 9.47 Å². The standard InChI is InChI=1S/C14H23N3O2S/c1-11-8-16(9-12(2)19-11)10-13-7-15-14(20-13)17-3-5-18-6-4-17/h7,11-12H,3-6,8-10H2,1-2H3/t11-,12-/m1/s1. The molecule has 0 N–H and O–H groups in total. The Hall–Kier alpha value is -0.690. The third-order valence-corrected chi connectivity index (χ3v) is 4.74. The lowest BCUT2D eigenvalue weighted by Crippen LogP contribution is -2.44. The van der Waals surface area contributed by atoms with Crippen molar-refractivity contribution in [1.82, 2.24) is 9.88 Å². The van der Waals surface area contributed by atoms with Crippen LogP contribution in [0, 0.1) is 0 Å². The first kappa shape index (κ1) is 14.3. The van der Waals surface area contributed by atoms with Gasteiger partial charge in [0.2, 0.25) is 0 Å². The summed E-state index contributed by atoms with van der Waals surface area (Å²) in [6.45, 7) is 10.8. The van der Waals surface area contributed by atoms with Crippen LogP contribution in [-0.2, 0) is 16.0 Å². The molecule has 6 heteroatoms. The van der Waals surface area contributed by atoms with Gasteiger partial charge in [0.05, 0.1) is 25.4 Å². The van der Waals surface area contributed by atoms with Gasteiger partial charge in [-0.25, -0.2) is 4.98 Å². The first-order valence-electron chi connectivity index (χ1n) is 7.36. The molecule has 2 aliphatic rings. The third-order valence-electron chi connectivity index (χ3n) is 3.70. The minimum absolute atomic E-state index is 0.324. The van der Waals surface area contributed by atoms with Crippen LogP contribution in [0.2, 0.25) is 0 Å². The summed E-state index contributed by atoms with van der Waals surface area (Å²) in [5.41, 5.74) is 0. The average Bonchev–Trinajstić information content (AvgIpc) is 2.87. The van der Waals surface area contributed by atoms with E-state index in [1.807, 2.05) is 17.5 Å². The molecule has 0 spiro atoms. The molecule has 1 aromatic heterocycles. The lowest BCUT2D eigenvalue weighted by molar-refractivity contribution is -0.0702. The van der Waals surface area contributed by atoms with Crippen LogP contribution >= 0.6 is 11.3 Å². The van der Waals surface area contributed by atoms with E-state index in [9.17, 15) is 0 Å². The number of ether oxygens (including phenoxy) is 2. The lowest BCUT2D eigenvalue weighted by atomic mass is 10.2.